The van der Waals surface area contributed by atoms with Crippen LogP contribution < -0.4 is 4.90 Å². The number of amides is 1. The highest BCUT2D eigenvalue weighted by molar-refractivity contribution is 5.99. The fraction of sp³-hybridized carbons (Fsp3) is 0.467. The maximum Gasteiger partial charge on any atom is 0.323 e. The minimum atomic E-state index is -0.976. The lowest BCUT2D eigenvalue weighted by Gasteiger charge is -2.31. The molecule has 2 heterocycles. The number of morpholine rings is 1. The minimum absolute atomic E-state index is 0.186. The van der Waals surface area contributed by atoms with Gasteiger partial charge in [-0.25, -0.2) is 0 Å². The van der Waals surface area contributed by atoms with E-state index in [1.54, 1.807) is 0 Å². The summed E-state index contributed by atoms with van der Waals surface area (Å²) in [5.74, 6) is -1.16. The Balaban J connectivity index is 1.85. The fourth-order valence-corrected chi connectivity index (χ4v) is 2.84. The molecule has 2 aliphatic rings. The van der Waals surface area contributed by atoms with Gasteiger partial charge in [0, 0.05) is 30.9 Å². The van der Waals surface area contributed by atoms with Crippen molar-refractivity contribution in [3.63, 3.8) is 0 Å². The molecule has 6 heteroatoms. The number of hydrogen-bond donors (Lipinski definition) is 1. The number of carboxylic acid groups (broad SMARTS) is 1. The highest BCUT2D eigenvalue weighted by atomic mass is 16.5. The van der Waals surface area contributed by atoms with Crippen molar-refractivity contribution in [2.45, 2.75) is 6.42 Å². The van der Waals surface area contributed by atoms with Crippen LogP contribution in [0.15, 0.2) is 18.2 Å². The van der Waals surface area contributed by atoms with Crippen molar-refractivity contribution in [1.29, 1.82) is 0 Å². The van der Waals surface area contributed by atoms with E-state index >= 15 is 0 Å². The van der Waals surface area contributed by atoms with Gasteiger partial charge < -0.3 is 19.6 Å². The molecular weight excluding hydrogens is 272 g/mol. The van der Waals surface area contributed by atoms with Crippen LogP contribution in [-0.4, -0.2) is 61.3 Å². The maximum atomic E-state index is 12.4. The Hall–Kier alpha value is -2.08. The van der Waals surface area contributed by atoms with Crippen LogP contribution in [0, 0.1) is 0 Å². The molecule has 1 aromatic rings. The van der Waals surface area contributed by atoms with Crippen molar-refractivity contribution in [2.75, 3.05) is 44.3 Å². The number of carbonyl (C=O) groups is 2. The normalized spacial score (nSPS) is 18.6. The zero-order valence-electron chi connectivity index (χ0n) is 11.7. The van der Waals surface area contributed by atoms with Gasteiger partial charge in [0.05, 0.1) is 13.2 Å². The number of nitrogens with zero attached hydrogens (tertiary/aromatic N) is 2. The average molecular weight is 290 g/mol. The number of anilines is 1. The Morgan fingerprint density at radius 3 is 2.71 bits per heavy atom. The quantitative estimate of drug-likeness (QED) is 0.883. The Labute approximate surface area is 122 Å². The van der Waals surface area contributed by atoms with Crippen LogP contribution in [0.1, 0.15) is 15.9 Å². The van der Waals surface area contributed by atoms with E-state index in [4.69, 9.17) is 9.84 Å². The summed E-state index contributed by atoms with van der Waals surface area (Å²) in [5.41, 5.74) is 2.63. The molecular formula is C15H18N2O4. The van der Waals surface area contributed by atoms with Gasteiger partial charge >= 0.3 is 5.97 Å². The Morgan fingerprint density at radius 2 is 2.00 bits per heavy atom. The van der Waals surface area contributed by atoms with Crippen LogP contribution in [0.4, 0.5) is 5.69 Å². The summed E-state index contributed by atoms with van der Waals surface area (Å²) in [5, 5.41) is 8.87. The largest absolute Gasteiger partial charge is 0.480 e. The number of rotatable bonds is 3. The number of aliphatic carboxylic acids is 1. The molecule has 1 amide bonds. The van der Waals surface area contributed by atoms with Gasteiger partial charge in [0.2, 0.25) is 0 Å². The molecule has 0 unspecified atom stereocenters. The van der Waals surface area contributed by atoms with E-state index < -0.39 is 5.97 Å². The lowest BCUT2D eigenvalue weighted by molar-refractivity contribution is -0.137. The first-order valence-corrected chi connectivity index (χ1v) is 7.12. The molecule has 0 aromatic heterocycles. The second kappa shape index (κ2) is 5.73. The van der Waals surface area contributed by atoms with Crippen molar-refractivity contribution in [3.05, 3.63) is 29.3 Å². The van der Waals surface area contributed by atoms with Crippen molar-refractivity contribution < 1.29 is 19.4 Å². The van der Waals surface area contributed by atoms with Gasteiger partial charge in [-0.05, 0) is 24.1 Å². The number of carbonyl (C=O) groups excluding carboxylic acids is 1. The van der Waals surface area contributed by atoms with Crippen molar-refractivity contribution in [1.82, 2.24) is 4.90 Å². The van der Waals surface area contributed by atoms with Gasteiger partial charge in [-0.1, -0.05) is 6.07 Å². The molecule has 0 bridgehead atoms. The average Bonchev–Trinajstić information content (AvgIpc) is 2.50. The third-order valence-electron chi connectivity index (χ3n) is 3.96. The third-order valence-corrected chi connectivity index (χ3v) is 3.96. The molecule has 0 aliphatic carbocycles. The Morgan fingerprint density at radius 1 is 1.24 bits per heavy atom. The minimum Gasteiger partial charge on any atom is -0.480 e. The van der Waals surface area contributed by atoms with E-state index in [0.717, 1.165) is 24.3 Å². The summed E-state index contributed by atoms with van der Waals surface area (Å²) in [4.78, 5) is 26.8. The molecule has 112 valence electrons. The number of hydrogen-bond acceptors (Lipinski definition) is 4. The summed E-state index contributed by atoms with van der Waals surface area (Å²) in [7, 11) is 0. The van der Waals surface area contributed by atoms with Crippen LogP contribution in [0.25, 0.3) is 0 Å². The first-order chi connectivity index (χ1) is 10.1. The molecule has 1 saturated heterocycles. The number of carboxylic acids is 1. The first kappa shape index (κ1) is 13.9. The number of ether oxygens (including phenoxy) is 1. The van der Waals surface area contributed by atoms with Gasteiger partial charge in [0.25, 0.3) is 5.91 Å². The van der Waals surface area contributed by atoms with Crippen LogP contribution in [0.5, 0.6) is 0 Å². The molecule has 1 aromatic carbocycles. The molecule has 0 spiro atoms. The van der Waals surface area contributed by atoms with Crippen molar-refractivity contribution in [3.8, 4) is 0 Å². The first-order valence-electron chi connectivity index (χ1n) is 7.12. The molecule has 0 saturated carbocycles. The van der Waals surface area contributed by atoms with E-state index in [0.29, 0.717) is 31.7 Å². The summed E-state index contributed by atoms with van der Waals surface area (Å²) >= 11 is 0. The molecule has 1 fully saturated rings. The standard InChI is InChI=1S/C15H18N2O4/c18-14(19)10-17-4-3-11-1-2-12(9-13(11)15(17)20)16-5-7-21-8-6-16/h1-2,9H,3-8,10H2,(H,18,19). The van der Waals surface area contributed by atoms with Gasteiger partial charge in [-0.3, -0.25) is 9.59 Å². The summed E-state index contributed by atoms with van der Waals surface area (Å²) in [6.45, 7) is 3.24. The zero-order chi connectivity index (χ0) is 14.8. The molecule has 3 rings (SSSR count). The fourth-order valence-electron chi connectivity index (χ4n) is 2.84. The Bertz CT molecular complexity index is 567. The van der Waals surface area contributed by atoms with E-state index in [1.807, 2.05) is 18.2 Å². The zero-order valence-corrected chi connectivity index (χ0v) is 11.7. The Kier molecular flexibility index (Phi) is 3.79. The predicted molar refractivity (Wildman–Crippen MR) is 76.7 cm³/mol. The lowest BCUT2D eigenvalue weighted by atomic mass is 9.98. The van der Waals surface area contributed by atoms with Crippen LogP contribution in [0.2, 0.25) is 0 Å². The van der Waals surface area contributed by atoms with Crippen molar-refractivity contribution >= 4 is 17.6 Å². The molecule has 1 N–H and O–H groups in total. The van der Waals surface area contributed by atoms with Crippen LogP contribution in [-0.2, 0) is 16.0 Å². The summed E-state index contributed by atoms with van der Waals surface area (Å²) in [6.07, 6.45) is 0.706. The summed E-state index contributed by atoms with van der Waals surface area (Å²) in [6, 6.07) is 5.90. The third kappa shape index (κ3) is 2.85. The van der Waals surface area contributed by atoms with E-state index in [2.05, 4.69) is 4.90 Å². The molecule has 2 aliphatic heterocycles. The van der Waals surface area contributed by atoms with Crippen LogP contribution >= 0.6 is 0 Å². The topological polar surface area (TPSA) is 70.1 Å². The molecule has 0 radical (unpaired) electrons. The smallest absolute Gasteiger partial charge is 0.323 e. The van der Waals surface area contributed by atoms with E-state index in [1.165, 1.54) is 4.90 Å². The van der Waals surface area contributed by atoms with Crippen molar-refractivity contribution in [2.24, 2.45) is 0 Å². The lowest BCUT2D eigenvalue weighted by Crippen LogP contribution is -2.41. The van der Waals surface area contributed by atoms with Gasteiger partial charge in [0.1, 0.15) is 6.54 Å². The molecule has 6 nitrogen and oxygen atoms in total. The SMILES string of the molecule is O=C(O)CN1CCc2ccc(N3CCOCC3)cc2C1=O. The van der Waals surface area contributed by atoms with Crippen LogP contribution in [0.3, 0.4) is 0 Å². The predicted octanol–water partition coefficient (Wildman–Crippen LogP) is 0.606. The highest BCUT2D eigenvalue weighted by Crippen LogP contribution is 2.25. The van der Waals surface area contributed by atoms with Gasteiger partial charge in [0.15, 0.2) is 0 Å². The van der Waals surface area contributed by atoms with Gasteiger partial charge in [-0.15, -0.1) is 0 Å². The van der Waals surface area contributed by atoms with E-state index in [9.17, 15) is 9.59 Å². The summed E-state index contributed by atoms with van der Waals surface area (Å²) < 4.78 is 5.33. The highest BCUT2D eigenvalue weighted by Gasteiger charge is 2.26. The monoisotopic (exact) mass is 290 g/mol. The molecule has 0 atom stereocenters. The maximum absolute atomic E-state index is 12.4. The van der Waals surface area contributed by atoms with Gasteiger partial charge in [-0.2, -0.15) is 0 Å². The number of benzene rings is 1. The second-order valence-corrected chi connectivity index (χ2v) is 5.31. The van der Waals surface area contributed by atoms with E-state index in [-0.39, 0.29) is 12.5 Å². The molecule has 21 heavy (non-hydrogen) atoms. The second-order valence-electron chi connectivity index (χ2n) is 5.31. The number of fused-ring (bicyclic) bond motifs is 1.